The Bertz CT molecular complexity index is 1190. The number of benzene rings is 2. The zero-order valence-electron chi connectivity index (χ0n) is 18.6. The maximum absolute atomic E-state index is 13.4. The zero-order valence-corrected chi connectivity index (χ0v) is 21.0. The minimum atomic E-state index is -3.99. The third kappa shape index (κ3) is 5.01. The highest BCUT2D eigenvalue weighted by molar-refractivity contribution is 7.90. The third-order valence-corrected chi connectivity index (χ3v) is 8.84. The molecule has 0 N–H and O–H groups in total. The Kier molecular flexibility index (Phi) is 7.34. The molecule has 0 spiro atoms. The highest BCUT2D eigenvalue weighted by atomic mass is 35.5. The molecule has 3 rings (SSSR count). The van der Waals surface area contributed by atoms with E-state index in [0.717, 1.165) is 11.1 Å². The minimum Gasteiger partial charge on any atom is -0.340 e. The van der Waals surface area contributed by atoms with Crippen LogP contribution in [-0.2, 0) is 20.0 Å². The quantitative estimate of drug-likeness (QED) is 0.345. The van der Waals surface area contributed by atoms with Gasteiger partial charge in [-0.05, 0) is 44.0 Å². The van der Waals surface area contributed by atoms with Crippen LogP contribution in [0.25, 0.3) is 0 Å². The molecule has 7 nitrogen and oxygen atoms in total. The molecule has 0 aliphatic carbocycles. The van der Waals surface area contributed by atoms with Gasteiger partial charge in [0.15, 0.2) is 0 Å². The maximum Gasteiger partial charge on any atom is 0.283 e. The van der Waals surface area contributed by atoms with Crippen molar-refractivity contribution in [3.05, 3.63) is 59.7 Å². The fourth-order valence-electron chi connectivity index (χ4n) is 3.76. The Hall–Kier alpha value is -1.94. The van der Waals surface area contributed by atoms with Crippen molar-refractivity contribution in [2.45, 2.75) is 43.7 Å². The molecule has 10 heteroatoms. The summed E-state index contributed by atoms with van der Waals surface area (Å²) in [7, 11) is -7.77. The van der Waals surface area contributed by atoms with E-state index < -0.39 is 26.2 Å². The summed E-state index contributed by atoms with van der Waals surface area (Å²) in [6, 6.07) is 13.1. The Morgan fingerprint density at radius 3 is 1.91 bits per heavy atom. The van der Waals surface area contributed by atoms with Gasteiger partial charge in [0.25, 0.3) is 10.0 Å². The van der Waals surface area contributed by atoms with Gasteiger partial charge in [0.1, 0.15) is 5.84 Å². The normalized spacial score (nSPS) is 18.5. The molecular formula is C22H28ClN3O4S2. The van der Waals surface area contributed by atoms with E-state index in [-0.39, 0.29) is 34.0 Å². The van der Waals surface area contributed by atoms with E-state index in [0.29, 0.717) is 6.54 Å². The van der Waals surface area contributed by atoms with Crippen molar-refractivity contribution < 1.29 is 16.8 Å². The fraction of sp³-hybridized carbons (Fsp3) is 0.409. The second-order valence-corrected chi connectivity index (χ2v) is 12.0. The van der Waals surface area contributed by atoms with Gasteiger partial charge in [0.2, 0.25) is 10.0 Å². The molecule has 1 saturated heterocycles. The van der Waals surface area contributed by atoms with Crippen LogP contribution in [0.3, 0.4) is 0 Å². The average Bonchev–Trinajstić information content (AvgIpc) is 3.19. The van der Waals surface area contributed by atoms with Gasteiger partial charge in [-0.15, -0.1) is 16.0 Å². The van der Waals surface area contributed by atoms with Crippen molar-refractivity contribution in [3.63, 3.8) is 0 Å². The Labute approximate surface area is 195 Å². The number of nitrogens with zero attached hydrogens (tertiary/aromatic N) is 3. The summed E-state index contributed by atoms with van der Waals surface area (Å²) < 4.78 is 57.9. The predicted molar refractivity (Wildman–Crippen MR) is 127 cm³/mol. The molecule has 0 aromatic heterocycles. The standard InChI is InChI=1S/C22H28ClN3O4S2/c1-16(2)22-25(13-14-26(22)32(29,30)20-11-7-18(4)8-12-20)21(15-23)24-31(27,28)19-9-5-17(3)6-10-19/h5-12,16,22H,13-15H2,1-4H3. The maximum atomic E-state index is 13.4. The number of halogens is 1. The number of rotatable bonds is 6. The van der Waals surface area contributed by atoms with Crippen LogP contribution in [-0.4, -0.2) is 57.0 Å². The van der Waals surface area contributed by atoms with Crippen LogP contribution in [0.5, 0.6) is 0 Å². The Balaban J connectivity index is 1.98. The molecule has 1 aliphatic rings. The van der Waals surface area contributed by atoms with Crippen LogP contribution >= 0.6 is 11.6 Å². The molecule has 1 aliphatic heterocycles. The smallest absolute Gasteiger partial charge is 0.283 e. The van der Waals surface area contributed by atoms with E-state index in [1.807, 2.05) is 27.7 Å². The van der Waals surface area contributed by atoms with Gasteiger partial charge >= 0.3 is 0 Å². The van der Waals surface area contributed by atoms with E-state index in [4.69, 9.17) is 11.6 Å². The topological polar surface area (TPSA) is 87.1 Å². The van der Waals surface area contributed by atoms with E-state index in [1.54, 1.807) is 41.3 Å². The second kappa shape index (κ2) is 9.51. The van der Waals surface area contributed by atoms with Crippen LogP contribution in [0.1, 0.15) is 25.0 Å². The molecule has 2 aromatic rings. The van der Waals surface area contributed by atoms with E-state index in [1.165, 1.54) is 16.4 Å². The first kappa shape index (κ1) is 24.7. The van der Waals surface area contributed by atoms with Gasteiger partial charge < -0.3 is 4.90 Å². The summed E-state index contributed by atoms with van der Waals surface area (Å²) in [6.07, 6.45) is -0.605. The van der Waals surface area contributed by atoms with Gasteiger partial charge in [0.05, 0.1) is 21.8 Å². The summed E-state index contributed by atoms with van der Waals surface area (Å²) in [6.45, 7) is 8.04. The summed E-state index contributed by atoms with van der Waals surface area (Å²) in [4.78, 5) is 1.96. The number of alkyl halides is 1. The molecule has 32 heavy (non-hydrogen) atoms. The van der Waals surface area contributed by atoms with Gasteiger partial charge in [-0.25, -0.2) is 8.42 Å². The second-order valence-electron chi connectivity index (χ2n) is 8.21. The molecule has 1 fully saturated rings. The fourth-order valence-corrected chi connectivity index (χ4v) is 6.79. The molecular weight excluding hydrogens is 470 g/mol. The Morgan fingerprint density at radius 1 is 0.938 bits per heavy atom. The molecule has 1 unspecified atom stereocenters. The highest BCUT2D eigenvalue weighted by Crippen LogP contribution is 2.30. The van der Waals surface area contributed by atoms with Crippen LogP contribution < -0.4 is 0 Å². The van der Waals surface area contributed by atoms with E-state index >= 15 is 0 Å². The molecule has 1 atom stereocenters. The van der Waals surface area contributed by atoms with Crippen LogP contribution in [0.4, 0.5) is 0 Å². The summed E-state index contributed by atoms with van der Waals surface area (Å²) >= 11 is 6.13. The predicted octanol–water partition coefficient (Wildman–Crippen LogP) is 3.62. The van der Waals surface area contributed by atoms with Crippen molar-refractivity contribution in [1.29, 1.82) is 0 Å². The first-order valence-electron chi connectivity index (χ1n) is 10.3. The Morgan fingerprint density at radius 2 is 1.44 bits per heavy atom. The van der Waals surface area contributed by atoms with Crippen LogP contribution in [0.2, 0.25) is 0 Å². The number of amidine groups is 1. The molecule has 174 valence electrons. The third-order valence-electron chi connectivity index (χ3n) is 5.39. The van der Waals surface area contributed by atoms with Gasteiger partial charge in [-0.3, -0.25) is 0 Å². The van der Waals surface area contributed by atoms with Crippen LogP contribution in [0, 0.1) is 19.8 Å². The highest BCUT2D eigenvalue weighted by Gasteiger charge is 2.43. The van der Waals surface area contributed by atoms with Gasteiger partial charge in [-0.1, -0.05) is 49.2 Å². The monoisotopic (exact) mass is 497 g/mol. The van der Waals surface area contributed by atoms with Crippen molar-refractivity contribution >= 4 is 37.5 Å². The van der Waals surface area contributed by atoms with Crippen molar-refractivity contribution in [2.75, 3.05) is 19.0 Å². The molecule has 0 saturated carbocycles. The number of hydrogen-bond acceptors (Lipinski definition) is 4. The first-order chi connectivity index (χ1) is 15.0. The van der Waals surface area contributed by atoms with Crippen molar-refractivity contribution in [3.8, 4) is 0 Å². The van der Waals surface area contributed by atoms with Gasteiger partial charge in [0, 0.05) is 13.1 Å². The lowest BCUT2D eigenvalue weighted by Crippen LogP contribution is -2.48. The summed E-state index contributed by atoms with van der Waals surface area (Å²) in [5, 5.41) is 0. The molecule has 0 radical (unpaired) electrons. The molecule has 0 amide bonds. The van der Waals surface area contributed by atoms with E-state index in [2.05, 4.69) is 4.40 Å². The molecule has 2 aromatic carbocycles. The average molecular weight is 498 g/mol. The number of sulfonamides is 2. The van der Waals surface area contributed by atoms with Crippen molar-refractivity contribution in [1.82, 2.24) is 9.21 Å². The van der Waals surface area contributed by atoms with Gasteiger partial charge in [-0.2, -0.15) is 12.7 Å². The SMILES string of the molecule is Cc1ccc(S(=O)(=O)N=C(CCl)N2CCN(S(=O)(=O)c3ccc(C)cc3)C2C(C)C)cc1. The lowest BCUT2D eigenvalue weighted by atomic mass is 10.1. The summed E-state index contributed by atoms with van der Waals surface area (Å²) in [5.41, 5.74) is 1.90. The van der Waals surface area contributed by atoms with Crippen LogP contribution in [0.15, 0.2) is 62.7 Å². The number of hydrogen-bond donors (Lipinski definition) is 0. The largest absolute Gasteiger partial charge is 0.340 e. The lowest BCUT2D eigenvalue weighted by molar-refractivity contribution is 0.211. The number of aryl methyl sites for hydroxylation is 2. The lowest BCUT2D eigenvalue weighted by Gasteiger charge is -2.34. The molecule has 0 bridgehead atoms. The first-order valence-corrected chi connectivity index (χ1v) is 13.7. The summed E-state index contributed by atoms with van der Waals surface area (Å²) in [5.74, 6) is -0.159. The zero-order chi connectivity index (χ0) is 23.7. The minimum absolute atomic E-state index is 0.0649. The molecule has 1 heterocycles. The van der Waals surface area contributed by atoms with E-state index in [9.17, 15) is 16.8 Å². The van der Waals surface area contributed by atoms with Crippen molar-refractivity contribution in [2.24, 2.45) is 10.3 Å².